The number of nitrogens with one attached hydrogen (secondary N) is 1. The standard InChI is InChI=1S/C17H25N3O2/c1-22-11-14-5-3-13(4-6-14)9-19-16(21)20-10-15(18)17(12-20)7-2-8-17/h3-6,15H,2,7-12,18H2,1H3,(H,19,21). The summed E-state index contributed by atoms with van der Waals surface area (Å²) in [5, 5.41) is 3.00. The number of carbonyl (C=O) groups excluding carboxylic acids is 1. The zero-order chi connectivity index (χ0) is 15.6. The van der Waals surface area contributed by atoms with Gasteiger partial charge in [-0.1, -0.05) is 30.7 Å². The highest BCUT2D eigenvalue weighted by Gasteiger charge is 2.49. The number of hydrogen-bond donors (Lipinski definition) is 2. The summed E-state index contributed by atoms with van der Waals surface area (Å²) in [5.41, 5.74) is 8.66. The Labute approximate surface area is 131 Å². The molecule has 1 aliphatic carbocycles. The minimum atomic E-state index is 0.000179. The molecular formula is C17H25N3O2. The second kappa shape index (κ2) is 6.26. The molecule has 0 aromatic heterocycles. The molecule has 1 saturated carbocycles. The van der Waals surface area contributed by atoms with Crippen molar-refractivity contribution in [3.63, 3.8) is 0 Å². The lowest BCUT2D eigenvalue weighted by Gasteiger charge is -2.41. The normalized spacial score (nSPS) is 22.6. The van der Waals surface area contributed by atoms with Gasteiger partial charge in [0.25, 0.3) is 0 Å². The van der Waals surface area contributed by atoms with Gasteiger partial charge in [0.2, 0.25) is 0 Å². The van der Waals surface area contributed by atoms with Crippen LogP contribution >= 0.6 is 0 Å². The van der Waals surface area contributed by atoms with Gasteiger partial charge in [0.1, 0.15) is 0 Å². The van der Waals surface area contributed by atoms with Crippen molar-refractivity contribution in [1.29, 1.82) is 0 Å². The molecule has 1 unspecified atom stereocenters. The molecule has 1 spiro atoms. The largest absolute Gasteiger partial charge is 0.380 e. The van der Waals surface area contributed by atoms with Crippen molar-refractivity contribution in [1.82, 2.24) is 10.2 Å². The molecule has 120 valence electrons. The average molecular weight is 303 g/mol. The van der Waals surface area contributed by atoms with Crippen LogP contribution in [-0.2, 0) is 17.9 Å². The van der Waals surface area contributed by atoms with Gasteiger partial charge >= 0.3 is 6.03 Å². The molecule has 5 nitrogen and oxygen atoms in total. The van der Waals surface area contributed by atoms with Crippen molar-refractivity contribution in [3.8, 4) is 0 Å². The smallest absolute Gasteiger partial charge is 0.317 e. The van der Waals surface area contributed by atoms with Crippen LogP contribution in [0.4, 0.5) is 4.79 Å². The van der Waals surface area contributed by atoms with Crippen LogP contribution in [0.2, 0.25) is 0 Å². The third-order valence-corrected chi connectivity index (χ3v) is 5.12. The van der Waals surface area contributed by atoms with Crippen molar-refractivity contribution in [2.45, 2.75) is 38.5 Å². The zero-order valence-electron chi connectivity index (χ0n) is 13.2. The van der Waals surface area contributed by atoms with Crippen molar-refractivity contribution >= 4 is 6.03 Å². The van der Waals surface area contributed by atoms with Gasteiger partial charge < -0.3 is 20.7 Å². The van der Waals surface area contributed by atoms with Crippen molar-refractivity contribution in [3.05, 3.63) is 35.4 Å². The molecule has 1 aliphatic heterocycles. The van der Waals surface area contributed by atoms with E-state index >= 15 is 0 Å². The second-order valence-corrected chi connectivity index (χ2v) is 6.61. The molecule has 2 aliphatic rings. The fourth-order valence-corrected chi connectivity index (χ4v) is 3.52. The van der Waals surface area contributed by atoms with Gasteiger partial charge in [-0.2, -0.15) is 0 Å². The van der Waals surface area contributed by atoms with E-state index in [1.165, 1.54) is 19.3 Å². The van der Waals surface area contributed by atoms with Gasteiger partial charge in [0.15, 0.2) is 0 Å². The number of methoxy groups -OCH3 is 1. The fraction of sp³-hybridized carbons (Fsp3) is 0.588. The molecule has 2 amide bonds. The number of carbonyl (C=O) groups is 1. The monoisotopic (exact) mass is 303 g/mol. The number of ether oxygens (including phenoxy) is 1. The first kappa shape index (κ1) is 15.3. The number of benzene rings is 1. The quantitative estimate of drug-likeness (QED) is 0.892. The molecule has 2 fully saturated rings. The highest BCUT2D eigenvalue weighted by Crippen LogP contribution is 2.47. The minimum Gasteiger partial charge on any atom is -0.380 e. The summed E-state index contributed by atoms with van der Waals surface area (Å²) in [4.78, 5) is 14.2. The summed E-state index contributed by atoms with van der Waals surface area (Å²) >= 11 is 0. The SMILES string of the molecule is COCc1ccc(CNC(=O)N2CC(N)C3(CCC3)C2)cc1. The molecule has 0 bridgehead atoms. The average Bonchev–Trinajstić information content (AvgIpc) is 2.84. The van der Waals surface area contributed by atoms with Crippen LogP contribution in [0.5, 0.6) is 0 Å². The third-order valence-electron chi connectivity index (χ3n) is 5.12. The number of hydrogen-bond acceptors (Lipinski definition) is 3. The van der Waals surface area contributed by atoms with Crippen LogP contribution < -0.4 is 11.1 Å². The highest BCUT2D eigenvalue weighted by molar-refractivity contribution is 5.74. The Kier molecular flexibility index (Phi) is 4.36. The van der Waals surface area contributed by atoms with Crippen LogP contribution in [0.3, 0.4) is 0 Å². The number of amides is 2. The molecule has 1 heterocycles. The van der Waals surface area contributed by atoms with Crippen LogP contribution in [0.1, 0.15) is 30.4 Å². The van der Waals surface area contributed by atoms with E-state index in [-0.39, 0.29) is 17.5 Å². The number of nitrogens with zero attached hydrogens (tertiary/aromatic N) is 1. The molecule has 1 saturated heterocycles. The minimum absolute atomic E-state index is 0.000179. The summed E-state index contributed by atoms with van der Waals surface area (Å²) in [6.45, 7) is 2.65. The van der Waals surface area contributed by atoms with Crippen LogP contribution in [0.25, 0.3) is 0 Å². The van der Waals surface area contributed by atoms with Gasteiger partial charge in [-0.3, -0.25) is 0 Å². The number of rotatable bonds is 4. The molecule has 3 rings (SSSR count). The Balaban J connectivity index is 1.50. The van der Waals surface area contributed by atoms with Crippen molar-refractivity contribution in [2.75, 3.05) is 20.2 Å². The lowest BCUT2D eigenvalue weighted by atomic mass is 9.66. The maximum atomic E-state index is 12.3. The first-order chi connectivity index (χ1) is 10.6. The Hall–Kier alpha value is -1.59. The lowest BCUT2D eigenvalue weighted by molar-refractivity contribution is 0.125. The summed E-state index contributed by atoms with van der Waals surface area (Å²) in [6, 6.07) is 8.25. The zero-order valence-corrected chi connectivity index (χ0v) is 13.2. The molecule has 1 atom stereocenters. The van der Waals surface area contributed by atoms with E-state index in [0.29, 0.717) is 19.7 Å². The van der Waals surface area contributed by atoms with E-state index in [1.54, 1.807) is 7.11 Å². The van der Waals surface area contributed by atoms with E-state index in [1.807, 2.05) is 29.2 Å². The van der Waals surface area contributed by atoms with Gasteiger partial charge in [0.05, 0.1) is 6.61 Å². The number of likely N-dealkylation sites (tertiary alicyclic amines) is 1. The van der Waals surface area contributed by atoms with Crippen LogP contribution in [0.15, 0.2) is 24.3 Å². The van der Waals surface area contributed by atoms with Crippen LogP contribution in [0, 0.1) is 5.41 Å². The predicted octanol–water partition coefficient (Wildman–Crippen LogP) is 1.86. The van der Waals surface area contributed by atoms with Gasteiger partial charge in [-0.15, -0.1) is 0 Å². The fourth-order valence-electron chi connectivity index (χ4n) is 3.52. The summed E-state index contributed by atoms with van der Waals surface area (Å²) in [6.07, 6.45) is 3.58. The maximum Gasteiger partial charge on any atom is 0.317 e. The van der Waals surface area contributed by atoms with Crippen LogP contribution in [-0.4, -0.2) is 37.2 Å². The van der Waals surface area contributed by atoms with Gasteiger partial charge in [0, 0.05) is 38.2 Å². The highest BCUT2D eigenvalue weighted by atomic mass is 16.5. The Morgan fingerprint density at radius 1 is 1.36 bits per heavy atom. The molecular weight excluding hydrogens is 278 g/mol. The van der Waals surface area contributed by atoms with Gasteiger partial charge in [-0.05, 0) is 24.0 Å². The molecule has 22 heavy (non-hydrogen) atoms. The summed E-state index contributed by atoms with van der Waals surface area (Å²) in [5.74, 6) is 0. The topological polar surface area (TPSA) is 67.6 Å². The summed E-state index contributed by atoms with van der Waals surface area (Å²) < 4.78 is 5.09. The molecule has 1 aromatic rings. The number of nitrogens with two attached hydrogens (primary N) is 1. The van der Waals surface area contributed by atoms with E-state index in [9.17, 15) is 4.79 Å². The Morgan fingerprint density at radius 2 is 2.05 bits per heavy atom. The lowest BCUT2D eigenvalue weighted by Crippen LogP contribution is -2.45. The third kappa shape index (κ3) is 2.96. The molecule has 3 N–H and O–H groups in total. The van der Waals surface area contributed by atoms with E-state index in [2.05, 4.69) is 5.32 Å². The predicted molar refractivity (Wildman–Crippen MR) is 85.2 cm³/mol. The molecule has 1 aromatic carbocycles. The summed E-state index contributed by atoms with van der Waals surface area (Å²) in [7, 11) is 1.68. The molecule has 5 heteroatoms. The maximum absolute atomic E-state index is 12.3. The Bertz CT molecular complexity index is 525. The van der Waals surface area contributed by atoms with E-state index in [0.717, 1.165) is 17.7 Å². The second-order valence-electron chi connectivity index (χ2n) is 6.61. The van der Waals surface area contributed by atoms with Crippen molar-refractivity contribution < 1.29 is 9.53 Å². The first-order valence-electron chi connectivity index (χ1n) is 7.98. The Morgan fingerprint density at radius 3 is 2.59 bits per heavy atom. The van der Waals surface area contributed by atoms with Gasteiger partial charge in [-0.25, -0.2) is 4.79 Å². The first-order valence-corrected chi connectivity index (χ1v) is 7.98. The number of urea groups is 1. The van der Waals surface area contributed by atoms with E-state index in [4.69, 9.17) is 10.5 Å². The van der Waals surface area contributed by atoms with Crippen molar-refractivity contribution in [2.24, 2.45) is 11.1 Å². The molecule has 0 radical (unpaired) electrons. The van der Waals surface area contributed by atoms with E-state index < -0.39 is 0 Å².